The van der Waals surface area contributed by atoms with E-state index in [4.69, 9.17) is 18.0 Å². The van der Waals surface area contributed by atoms with Gasteiger partial charge in [-0.15, -0.1) is 0 Å². The molecule has 1 fully saturated rings. The zero-order chi connectivity index (χ0) is 13.1. The smallest absolute Gasteiger partial charge is 0.223 e. The number of hydrogen-bond donors (Lipinski definition) is 1. The van der Waals surface area contributed by atoms with Gasteiger partial charge in [-0.1, -0.05) is 32.5 Å². The van der Waals surface area contributed by atoms with Gasteiger partial charge in [-0.2, -0.15) is 4.31 Å². The second-order valence-electron chi connectivity index (χ2n) is 4.51. The van der Waals surface area contributed by atoms with Crippen molar-refractivity contribution < 1.29 is 8.42 Å². The summed E-state index contributed by atoms with van der Waals surface area (Å²) < 4.78 is 26.6. The quantitative estimate of drug-likeness (QED) is 0.777. The maximum absolute atomic E-state index is 12.5. The number of piperidine rings is 1. The Bertz CT molecular complexity index is 368. The van der Waals surface area contributed by atoms with Crippen LogP contribution in [0.5, 0.6) is 0 Å². The lowest BCUT2D eigenvalue weighted by molar-refractivity contribution is 0.245. The molecule has 1 aliphatic heterocycles. The van der Waals surface area contributed by atoms with Crippen LogP contribution >= 0.6 is 12.2 Å². The van der Waals surface area contributed by atoms with Crippen LogP contribution in [-0.4, -0.2) is 35.5 Å². The average molecular weight is 278 g/mol. The summed E-state index contributed by atoms with van der Waals surface area (Å²) in [5.41, 5.74) is 5.55. The summed E-state index contributed by atoms with van der Waals surface area (Å²) in [5, 5.41) is -0.704. The summed E-state index contributed by atoms with van der Waals surface area (Å²) in [6.07, 6.45) is 4.29. The normalized spacial score (nSPS) is 24.5. The molecule has 1 rings (SSSR count). The monoisotopic (exact) mass is 278 g/mol. The number of sulfonamides is 1. The van der Waals surface area contributed by atoms with E-state index in [9.17, 15) is 8.42 Å². The van der Waals surface area contributed by atoms with E-state index in [1.807, 2.05) is 13.8 Å². The molecule has 0 amide bonds. The van der Waals surface area contributed by atoms with Gasteiger partial charge in [0.25, 0.3) is 0 Å². The first-order valence-corrected chi connectivity index (χ1v) is 8.16. The van der Waals surface area contributed by atoms with E-state index >= 15 is 0 Å². The van der Waals surface area contributed by atoms with Crippen LogP contribution in [0.25, 0.3) is 0 Å². The molecule has 0 bridgehead atoms. The summed E-state index contributed by atoms with van der Waals surface area (Å²) in [4.78, 5) is 0.0907. The van der Waals surface area contributed by atoms with E-state index in [0.717, 1.165) is 25.7 Å². The Morgan fingerprint density at radius 1 is 1.47 bits per heavy atom. The molecule has 0 spiro atoms. The van der Waals surface area contributed by atoms with Gasteiger partial charge in [0.05, 0.1) is 4.99 Å². The van der Waals surface area contributed by atoms with Crippen molar-refractivity contribution >= 4 is 27.2 Å². The molecule has 2 unspecified atom stereocenters. The minimum atomic E-state index is -3.37. The van der Waals surface area contributed by atoms with Crippen molar-refractivity contribution in [3.8, 4) is 0 Å². The molecule has 4 nitrogen and oxygen atoms in total. The summed E-state index contributed by atoms with van der Waals surface area (Å²) in [7, 11) is -3.37. The van der Waals surface area contributed by atoms with Gasteiger partial charge in [-0.05, 0) is 25.7 Å². The third-order valence-corrected chi connectivity index (χ3v) is 6.29. The van der Waals surface area contributed by atoms with Crippen molar-refractivity contribution in [2.24, 2.45) is 5.73 Å². The Labute approximate surface area is 110 Å². The van der Waals surface area contributed by atoms with Gasteiger partial charge in [-0.25, -0.2) is 8.42 Å². The van der Waals surface area contributed by atoms with E-state index in [2.05, 4.69) is 0 Å². The van der Waals surface area contributed by atoms with Crippen molar-refractivity contribution in [3.63, 3.8) is 0 Å². The van der Waals surface area contributed by atoms with Gasteiger partial charge in [0.2, 0.25) is 10.0 Å². The summed E-state index contributed by atoms with van der Waals surface area (Å²) in [6.45, 7) is 4.45. The lowest BCUT2D eigenvalue weighted by Crippen LogP contribution is -2.50. The van der Waals surface area contributed by atoms with Crippen LogP contribution in [0.2, 0.25) is 0 Å². The number of nitrogens with zero attached hydrogens (tertiary/aromatic N) is 1. The van der Waals surface area contributed by atoms with Gasteiger partial charge in [0.1, 0.15) is 5.25 Å². The van der Waals surface area contributed by atoms with Crippen molar-refractivity contribution in [2.45, 2.75) is 57.2 Å². The molecule has 2 atom stereocenters. The second-order valence-corrected chi connectivity index (χ2v) is 7.05. The summed E-state index contributed by atoms with van der Waals surface area (Å²) in [5.74, 6) is 0. The SMILES string of the molecule is CCC1CCCCN1S(=O)(=O)C(CC)C(N)=S. The molecule has 100 valence electrons. The van der Waals surface area contributed by atoms with Gasteiger partial charge in [0, 0.05) is 12.6 Å². The highest BCUT2D eigenvalue weighted by Crippen LogP contribution is 2.25. The fourth-order valence-corrected chi connectivity index (χ4v) is 5.07. The van der Waals surface area contributed by atoms with Crippen LogP contribution in [0.15, 0.2) is 0 Å². The third kappa shape index (κ3) is 3.17. The Morgan fingerprint density at radius 3 is 2.59 bits per heavy atom. The molecule has 6 heteroatoms. The van der Waals surface area contributed by atoms with Crippen LogP contribution < -0.4 is 5.73 Å². The van der Waals surface area contributed by atoms with Crippen LogP contribution in [0.1, 0.15) is 46.0 Å². The highest BCUT2D eigenvalue weighted by atomic mass is 32.2. The highest BCUT2D eigenvalue weighted by Gasteiger charge is 2.37. The minimum Gasteiger partial charge on any atom is -0.392 e. The predicted molar refractivity (Wildman–Crippen MR) is 74.4 cm³/mol. The Morgan fingerprint density at radius 2 is 2.12 bits per heavy atom. The molecule has 0 radical (unpaired) electrons. The molecule has 0 saturated carbocycles. The maximum Gasteiger partial charge on any atom is 0.223 e. The number of hydrogen-bond acceptors (Lipinski definition) is 3. The largest absolute Gasteiger partial charge is 0.392 e. The molecule has 1 heterocycles. The minimum absolute atomic E-state index is 0.0907. The maximum atomic E-state index is 12.5. The third-order valence-electron chi connectivity index (χ3n) is 3.42. The van der Waals surface area contributed by atoms with Gasteiger partial charge < -0.3 is 5.73 Å². The lowest BCUT2D eigenvalue weighted by Gasteiger charge is -2.36. The Hall–Kier alpha value is -0.200. The van der Waals surface area contributed by atoms with E-state index in [-0.39, 0.29) is 11.0 Å². The predicted octanol–water partition coefficient (Wildman–Crippen LogP) is 1.65. The molecule has 17 heavy (non-hydrogen) atoms. The number of rotatable bonds is 5. The van der Waals surface area contributed by atoms with E-state index in [0.29, 0.717) is 13.0 Å². The molecular formula is C11H22N2O2S2. The lowest BCUT2D eigenvalue weighted by atomic mass is 10.0. The topological polar surface area (TPSA) is 63.4 Å². The van der Waals surface area contributed by atoms with Crippen molar-refractivity contribution in [3.05, 3.63) is 0 Å². The zero-order valence-electron chi connectivity index (χ0n) is 10.6. The van der Waals surface area contributed by atoms with Crippen LogP contribution in [0.4, 0.5) is 0 Å². The standard InChI is InChI=1S/C11H22N2O2S2/c1-3-9-7-5-6-8-13(9)17(14,15)10(4-2)11(12)16/h9-10H,3-8H2,1-2H3,(H2,12,16). The number of nitrogens with two attached hydrogens (primary N) is 1. The molecule has 1 aliphatic rings. The van der Waals surface area contributed by atoms with Crippen molar-refractivity contribution in [1.29, 1.82) is 0 Å². The first-order valence-electron chi connectivity index (χ1n) is 6.25. The number of thiocarbonyl (C=S) groups is 1. The Balaban J connectivity index is 2.98. The Kier molecular flexibility index (Phi) is 5.34. The van der Waals surface area contributed by atoms with Gasteiger partial charge >= 0.3 is 0 Å². The summed E-state index contributed by atoms with van der Waals surface area (Å²) >= 11 is 4.88. The van der Waals surface area contributed by atoms with E-state index in [1.165, 1.54) is 0 Å². The molecular weight excluding hydrogens is 256 g/mol. The van der Waals surface area contributed by atoms with E-state index < -0.39 is 15.3 Å². The first kappa shape index (κ1) is 14.9. The molecule has 1 saturated heterocycles. The van der Waals surface area contributed by atoms with Crippen LogP contribution in [0.3, 0.4) is 0 Å². The fourth-order valence-electron chi connectivity index (χ4n) is 2.44. The second kappa shape index (κ2) is 6.11. The van der Waals surface area contributed by atoms with Crippen molar-refractivity contribution in [2.75, 3.05) is 6.54 Å². The van der Waals surface area contributed by atoms with Gasteiger partial charge in [0.15, 0.2) is 0 Å². The van der Waals surface area contributed by atoms with Gasteiger partial charge in [-0.3, -0.25) is 0 Å². The summed E-state index contributed by atoms with van der Waals surface area (Å²) in [6, 6.07) is 0.122. The molecule has 0 aromatic carbocycles. The van der Waals surface area contributed by atoms with Crippen molar-refractivity contribution in [1.82, 2.24) is 4.31 Å². The first-order chi connectivity index (χ1) is 7.95. The fraction of sp³-hybridized carbons (Fsp3) is 0.909. The molecule has 2 N–H and O–H groups in total. The van der Waals surface area contributed by atoms with Crippen LogP contribution in [0, 0.1) is 0 Å². The molecule has 0 aromatic heterocycles. The average Bonchev–Trinajstić information content (AvgIpc) is 2.29. The zero-order valence-corrected chi connectivity index (χ0v) is 12.2. The van der Waals surface area contributed by atoms with E-state index in [1.54, 1.807) is 4.31 Å². The van der Waals surface area contributed by atoms with Crippen LogP contribution in [-0.2, 0) is 10.0 Å². The molecule has 0 aliphatic carbocycles. The molecule has 0 aromatic rings. The highest BCUT2D eigenvalue weighted by molar-refractivity contribution is 7.92.